The van der Waals surface area contributed by atoms with Crippen molar-refractivity contribution in [3.8, 4) is 22.3 Å². The van der Waals surface area contributed by atoms with Crippen LogP contribution in [0.4, 0.5) is 13.2 Å². The van der Waals surface area contributed by atoms with Crippen molar-refractivity contribution in [2.24, 2.45) is 0 Å². The summed E-state index contributed by atoms with van der Waals surface area (Å²) in [6.07, 6.45) is -3.58. The van der Waals surface area contributed by atoms with E-state index in [0.29, 0.717) is 29.7 Å². The summed E-state index contributed by atoms with van der Waals surface area (Å²) in [5.41, 5.74) is 4.43. The molecule has 256 valence electrons. The number of hydrogen-bond acceptors (Lipinski definition) is 4. The van der Waals surface area contributed by atoms with E-state index >= 15 is 0 Å². The molecule has 1 aromatic heterocycles. The number of carboxylic acids is 1. The summed E-state index contributed by atoms with van der Waals surface area (Å²) in [7, 11) is 0. The second-order valence-electron chi connectivity index (χ2n) is 12.5. The summed E-state index contributed by atoms with van der Waals surface area (Å²) in [6, 6.07) is 29.6. The van der Waals surface area contributed by atoms with E-state index in [1.165, 1.54) is 29.5 Å². The fourth-order valence-electron chi connectivity index (χ4n) is 6.73. The van der Waals surface area contributed by atoms with Gasteiger partial charge in [0.2, 0.25) is 5.91 Å². The molecule has 0 bridgehead atoms. The Balaban J connectivity index is 1.22. The summed E-state index contributed by atoms with van der Waals surface area (Å²) < 4.78 is 39.1. The minimum Gasteiger partial charge on any atom is -0.480 e. The summed E-state index contributed by atoms with van der Waals surface area (Å²) in [5, 5.41) is 14.9. The molecule has 1 aliphatic rings. The maximum atomic E-state index is 13.6. The summed E-state index contributed by atoms with van der Waals surface area (Å²) in [6.45, 7) is 2.20. The average Bonchev–Trinajstić information content (AvgIpc) is 3.78. The zero-order valence-electron chi connectivity index (χ0n) is 27.2. The van der Waals surface area contributed by atoms with Gasteiger partial charge in [0.1, 0.15) is 6.04 Å². The molecule has 2 amide bonds. The highest BCUT2D eigenvalue weighted by atomic mass is 32.1. The van der Waals surface area contributed by atoms with Crippen LogP contribution in [0.5, 0.6) is 0 Å². The van der Waals surface area contributed by atoms with Gasteiger partial charge in [0.15, 0.2) is 0 Å². The van der Waals surface area contributed by atoms with Crippen molar-refractivity contribution >= 4 is 29.1 Å². The van der Waals surface area contributed by atoms with Gasteiger partial charge in [-0.2, -0.15) is 13.2 Å². The Morgan fingerprint density at radius 3 is 2.18 bits per heavy atom. The van der Waals surface area contributed by atoms with Crippen LogP contribution in [0.25, 0.3) is 22.3 Å². The van der Waals surface area contributed by atoms with Crippen LogP contribution >= 0.6 is 11.3 Å². The van der Waals surface area contributed by atoms with Crippen molar-refractivity contribution in [2.75, 3.05) is 6.54 Å². The van der Waals surface area contributed by atoms with Crippen molar-refractivity contribution in [3.05, 3.63) is 142 Å². The van der Waals surface area contributed by atoms with Gasteiger partial charge in [-0.1, -0.05) is 78.9 Å². The topological polar surface area (TPSA) is 86.7 Å². The predicted octanol–water partition coefficient (Wildman–Crippen LogP) is 8.61. The third-order valence-corrected chi connectivity index (χ3v) is 10.2. The maximum Gasteiger partial charge on any atom is 0.416 e. The molecule has 10 heteroatoms. The second kappa shape index (κ2) is 14.7. The monoisotopic (exact) mass is 696 g/mol. The maximum absolute atomic E-state index is 13.6. The highest BCUT2D eigenvalue weighted by Gasteiger charge is 2.41. The lowest BCUT2D eigenvalue weighted by atomic mass is 9.87. The first-order chi connectivity index (χ1) is 24.0. The minimum atomic E-state index is -4.45. The van der Waals surface area contributed by atoms with Gasteiger partial charge in [0.05, 0.1) is 12.0 Å². The fraction of sp³-hybridized carbons (Fsp3) is 0.225. The smallest absolute Gasteiger partial charge is 0.416 e. The van der Waals surface area contributed by atoms with Crippen molar-refractivity contribution < 1.29 is 32.7 Å². The molecule has 0 aliphatic carbocycles. The molecule has 50 heavy (non-hydrogen) atoms. The molecular weight excluding hydrogens is 662 g/mol. The number of halogens is 3. The number of alkyl halides is 3. The number of thiophene rings is 1. The largest absolute Gasteiger partial charge is 0.480 e. The lowest BCUT2D eigenvalue weighted by Crippen LogP contribution is -2.47. The van der Waals surface area contributed by atoms with Gasteiger partial charge in [-0.05, 0) is 88.9 Å². The zero-order chi connectivity index (χ0) is 35.4. The molecule has 1 aliphatic heterocycles. The Kier molecular flexibility index (Phi) is 10.2. The number of amides is 2. The molecule has 3 atom stereocenters. The van der Waals surface area contributed by atoms with Crippen LogP contribution in [0, 0.1) is 6.92 Å². The summed E-state index contributed by atoms with van der Waals surface area (Å²) in [5.74, 6) is -2.05. The molecule has 2 heterocycles. The molecule has 1 saturated heterocycles. The standard InChI is InChI=1S/C40H35F3N2O4S/c1-25-22-30(15-18-33(25)28-13-16-31(17-14-28)40(41,42)43)38(47)44-35(39(48)49)24-36-34(19-20-45(36)37(46)23-32-8-5-21-50-32)29-11-9-27(10-12-29)26-6-3-2-4-7-26/h2-18,21-22,34-36H,19-20,23-24H2,1H3,(H,44,47)(H,48,49)/t34?,35-,36?/m1/s1. The van der Waals surface area contributed by atoms with Crippen LogP contribution in [0.3, 0.4) is 0 Å². The van der Waals surface area contributed by atoms with E-state index in [2.05, 4.69) is 5.32 Å². The Morgan fingerprint density at radius 1 is 0.880 bits per heavy atom. The first-order valence-corrected chi connectivity index (χ1v) is 17.1. The second-order valence-corrected chi connectivity index (χ2v) is 13.5. The average molecular weight is 697 g/mol. The van der Waals surface area contributed by atoms with Crippen LogP contribution < -0.4 is 5.32 Å². The number of nitrogens with one attached hydrogen (secondary N) is 1. The van der Waals surface area contributed by atoms with E-state index in [-0.39, 0.29) is 30.2 Å². The van der Waals surface area contributed by atoms with Crippen LogP contribution in [-0.2, 0) is 22.2 Å². The van der Waals surface area contributed by atoms with E-state index in [4.69, 9.17) is 0 Å². The molecule has 0 radical (unpaired) electrons. The Morgan fingerprint density at radius 2 is 1.56 bits per heavy atom. The normalized spacial score (nSPS) is 16.6. The number of rotatable bonds is 10. The zero-order valence-corrected chi connectivity index (χ0v) is 28.0. The highest BCUT2D eigenvalue weighted by molar-refractivity contribution is 7.10. The van der Waals surface area contributed by atoms with Gasteiger partial charge in [-0.15, -0.1) is 11.3 Å². The predicted molar refractivity (Wildman–Crippen MR) is 188 cm³/mol. The number of benzene rings is 4. The minimum absolute atomic E-state index is 0.00494. The number of carboxylic acid groups (broad SMARTS) is 1. The lowest BCUT2D eigenvalue weighted by molar-refractivity contribution is -0.141. The van der Waals surface area contributed by atoms with Gasteiger partial charge < -0.3 is 15.3 Å². The molecule has 2 N–H and O–H groups in total. The lowest BCUT2D eigenvalue weighted by Gasteiger charge is -2.31. The molecule has 2 unspecified atom stereocenters. The van der Waals surface area contributed by atoms with Crippen LogP contribution in [0.1, 0.15) is 50.7 Å². The number of aryl methyl sites for hydroxylation is 1. The third-order valence-electron chi connectivity index (χ3n) is 9.31. The molecule has 6 rings (SSSR count). The molecule has 0 saturated carbocycles. The van der Waals surface area contributed by atoms with Gasteiger partial charge in [-0.3, -0.25) is 9.59 Å². The van der Waals surface area contributed by atoms with Gasteiger partial charge >= 0.3 is 12.1 Å². The fourth-order valence-corrected chi connectivity index (χ4v) is 7.43. The third kappa shape index (κ3) is 7.81. The van der Waals surface area contributed by atoms with Crippen molar-refractivity contribution in [1.82, 2.24) is 10.2 Å². The van der Waals surface area contributed by atoms with Crippen molar-refractivity contribution in [3.63, 3.8) is 0 Å². The van der Waals surface area contributed by atoms with E-state index in [1.807, 2.05) is 72.1 Å². The molecule has 4 aromatic carbocycles. The number of carbonyl (C=O) groups is 3. The Hall–Kier alpha value is -5.22. The van der Waals surface area contributed by atoms with Gasteiger partial charge in [0, 0.05) is 28.9 Å². The highest BCUT2D eigenvalue weighted by Crippen LogP contribution is 2.38. The van der Waals surface area contributed by atoms with Crippen LogP contribution in [-0.4, -0.2) is 46.4 Å². The quantitative estimate of drug-likeness (QED) is 0.153. The number of hydrogen-bond donors (Lipinski definition) is 2. The molecule has 5 aromatic rings. The molecular formula is C40H35F3N2O4S. The van der Waals surface area contributed by atoms with Gasteiger partial charge in [-0.25, -0.2) is 4.79 Å². The number of nitrogens with zero attached hydrogens (tertiary/aromatic N) is 1. The molecule has 0 spiro atoms. The summed E-state index contributed by atoms with van der Waals surface area (Å²) in [4.78, 5) is 42.4. The molecule has 6 nitrogen and oxygen atoms in total. The van der Waals surface area contributed by atoms with Crippen LogP contribution in [0.2, 0.25) is 0 Å². The molecule has 1 fully saturated rings. The number of aliphatic carboxylic acids is 1. The summed E-state index contributed by atoms with van der Waals surface area (Å²) >= 11 is 1.49. The van der Waals surface area contributed by atoms with Crippen LogP contribution in [0.15, 0.2) is 115 Å². The Labute approximate surface area is 292 Å². The SMILES string of the molecule is Cc1cc(C(=O)N[C@H](CC2C(c3ccc(-c4ccccc4)cc3)CCN2C(=O)Cc2cccs2)C(=O)O)ccc1-c1ccc(C(F)(F)F)cc1. The first-order valence-electron chi connectivity index (χ1n) is 16.3. The number of likely N-dealkylation sites (tertiary alicyclic amines) is 1. The van der Waals surface area contributed by atoms with Crippen molar-refractivity contribution in [1.29, 1.82) is 0 Å². The van der Waals surface area contributed by atoms with E-state index in [0.717, 1.165) is 33.7 Å². The number of carbonyl (C=O) groups excluding carboxylic acids is 2. The van der Waals surface area contributed by atoms with E-state index in [9.17, 15) is 32.7 Å². The first kappa shape index (κ1) is 34.6. The van der Waals surface area contributed by atoms with Crippen molar-refractivity contribution in [2.45, 2.75) is 50.4 Å². The van der Waals surface area contributed by atoms with Gasteiger partial charge in [0.25, 0.3) is 5.91 Å². The van der Waals surface area contributed by atoms with E-state index in [1.54, 1.807) is 24.0 Å². The Bertz CT molecular complexity index is 1960. The van der Waals surface area contributed by atoms with E-state index < -0.39 is 35.7 Å².